The second kappa shape index (κ2) is 8.29. The number of nitrogens with one attached hydrogen (secondary N) is 1. The van der Waals surface area contributed by atoms with Crippen LogP contribution in [0.25, 0.3) is 0 Å². The number of hydrogen-bond acceptors (Lipinski definition) is 3. The van der Waals surface area contributed by atoms with E-state index in [1.54, 1.807) is 29.2 Å². The SMILES string of the molecule is Cc1cccc(NC(=O)CN(C)CC(O)c2ccc(Cl)cc2)c1C. The van der Waals surface area contributed by atoms with Gasteiger partial charge in [-0.2, -0.15) is 0 Å². The summed E-state index contributed by atoms with van der Waals surface area (Å²) in [6.07, 6.45) is -0.666. The summed E-state index contributed by atoms with van der Waals surface area (Å²) in [6, 6.07) is 12.9. The maximum absolute atomic E-state index is 12.2. The van der Waals surface area contributed by atoms with Gasteiger partial charge in [0.15, 0.2) is 0 Å². The number of rotatable bonds is 6. The van der Waals surface area contributed by atoms with Crippen molar-refractivity contribution in [1.29, 1.82) is 0 Å². The highest BCUT2D eigenvalue weighted by Crippen LogP contribution is 2.19. The normalized spacial score (nSPS) is 12.2. The Morgan fingerprint density at radius 1 is 1.21 bits per heavy atom. The first-order valence-corrected chi connectivity index (χ1v) is 8.22. The van der Waals surface area contributed by atoms with Crippen LogP contribution in [-0.4, -0.2) is 36.1 Å². The Labute approximate surface area is 148 Å². The lowest BCUT2D eigenvalue weighted by atomic mass is 10.1. The molecule has 0 saturated carbocycles. The summed E-state index contributed by atoms with van der Waals surface area (Å²) in [4.78, 5) is 14.0. The Morgan fingerprint density at radius 2 is 1.88 bits per heavy atom. The molecule has 4 nitrogen and oxygen atoms in total. The van der Waals surface area contributed by atoms with Crippen LogP contribution in [0.2, 0.25) is 5.02 Å². The fourth-order valence-electron chi connectivity index (χ4n) is 2.47. The van der Waals surface area contributed by atoms with Crippen LogP contribution in [0.1, 0.15) is 22.8 Å². The molecule has 128 valence electrons. The van der Waals surface area contributed by atoms with Gasteiger partial charge in [-0.05, 0) is 55.8 Å². The summed E-state index contributed by atoms with van der Waals surface area (Å²) < 4.78 is 0. The lowest BCUT2D eigenvalue weighted by Gasteiger charge is -2.21. The molecule has 0 radical (unpaired) electrons. The Morgan fingerprint density at radius 3 is 2.54 bits per heavy atom. The molecule has 24 heavy (non-hydrogen) atoms. The van der Waals surface area contributed by atoms with Crippen LogP contribution in [0.3, 0.4) is 0 Å². The van der Waals surface area contributed by atoms with Gasteiger partial charge in [0.1, 0.15) is 0 Å². The molecule has 0 bridgehead atoms. The minimum Gasteiger partial charge on any atom is -0.387 e. The minimum absolute atomic E-state index is 0.102. The highest BCUT2D eigenvalue weighted by Gasteiger charge is 2.14. The zero-order valence-corrected chi connectivity index (χ0v) is 15.0. The average molecular weight is 347 g/mol. The number of benzene rings is 2. The maximum Gasteiger partial charge on any atom is 0.238 e. The van der Waals surface area contributed by atoms with Crippen LogP contribution in [0.4, 0.5) is 5.69 Å². The van der Waals surface area contributed by atoms with Crippen LogP contribution in [-0.2, 0) is 4.79 Å². The molecule has 2 rings (SSSR count). The maximum atomic E-state index is 12.2. The van der Waals surface area contributed by atoms with E-state index in [1.807, 2.05) is 39.1 Å². The molecule has 2 aromatic rings. The first kappa shape index (κ1) is 18.5. The second-order valence-electron chi connectivity index (χ2n) is 6.06. The monoisotopic (exact) mass is 346 g/mol. The molecule has 0 saturated heterocycles. The van der Waals surface area contributed by atoms with E-state index in [1.165, 1.54) is 0 Å². The molecule has 0 aliphatic carbocycles. The third kappa shape index (κ3) is 5.06. The van der Waals surface area contributed by atoms with Gasteiger partial charge in [0.2, 0.25) is 5.91 Å². The molecular weight excluding hydrogens is 324 g/mol. The predicted octanol–water partition coefficient (Wildman–Crippen LogP) is 3.56. The van der Waals surface area contributed by atoms with Crippen molar-refractivity contribution < 1.29 is 9.90 Å². The molecular formula is C19H23ClN2O2. The van der Waals surface area contributed by atoms with Crippen LogP contribution >= 0.6 is 11.6 Å². The standard InChI is InChI=1S/C19H23ClN2O2/c1-13-5-4-6-17(14(13)2)21-19(24)12-22(3)11-18(23)15-7-9-16(20)10-8-15/h4-10,18,23H,11-12H2,1-3H3,(H,21,24). The first-order chi connectivity index (χ1) is 11.4. The van der Waals surface area contributed by atoms with Crippen LogP contribution in [0, 0.1) is 13.8 Å². The van der Waals surface area contributed by atoms with Crippen LogP contribution < -0.4 is 5.32 Å². The second-order valence-corrected chi connectivity index (χ2v) is 6.50. The highest BCUT2D eigenvalue weighted by molar-refractivity contribution is 6.30. The quantitative estimate of drug-likeness (QED) is 0.840. The molecule has 0 heterocycles. The molecule has 0 fully saturated rings. The first-order valence-electron chi connectivity index (χ1n) is 7.85. The third-order valence-corrected chi connectivity index (χ3v) is 4.28. The lowest BCUT2D eigenvalue weighted by Crippen LogP contribution is -2.33. The lowest BCUT2D eigenvalue weighted by molar-refractivity contribution is -0.117. The van der Waals surface area contributed by atoms with E-state index in [2.05, 4.69) is 5.32 Å². The Kier molecular flexibility index (Phi) is 6.37. The van der Waals surface area contributed by atoms with Gasteiger partial charge in [0, 0.05) is 17.3 Å². The van der Waals surface area contributed by atoms with E-state index in [4.69, 9.17) is 11.6 Å². The molecule has 1 amide bonds. The summed E-state index contributed by atoms with van der Waals surface area (Å²) in [5.74, 6) is -0.102. The van der Waals surface area contributed by atoms with E-state index in [9.17, 15) is 9.90 Å². The number of aliphatic hydroxyl groups excluding tert-OH is 1. The molecule has 2 N–H and O–H groups in total. The summed E-state index contributed by atoms with van der Waals surface area (Å²) >= 11 is 5.85. The van der Waals surface area contributed by atoms with Crippen LogP contribution in [0.15, 0.2) is 42.5 Å². The molecule has 1 unspecified atom stereocenters. The number of amides is 1. The number of nitrogens with zero attached hydrogens (tertiary/aromatic N) is 1. The molecule has 0 aliphatic heterocycles. The summed E-state index contributed by atoms with van der Waals surface area (Å²) in [7, 11) is 1.81. The fraction of sp³-hybridized carbons (Fsp3) is 0.316. The van der Waals surface area contributed by atoms with E-state index >= 15 is 0 Å². The van der Waals surface area contributed by atoms with Crippen molar-refractivity contribution in [3.63, 3.8) is 0 Å². The van der Waals surface area contributed by atoms with Crippen molar-refractivity contribution in [3.05, 3.63) is 64.2 Å². The van der Waals surface area contributed by atoms with Crippen LogP contribution in [0.5, 0.6) is 0 Å². The number of hydrogen-bond donors (Lipinski definition) is 2. The number of carbonyl (C=O) groups excluding carboxylic acids is 1. The number of anilines is 1. The number of halogens is 1. The van der Waals surface area contributed by atoms with Gasteiger partial charge < -0.3 is 10.4 Å². The van der Waals surface area contributed by atoms with Crippen molar-refractivity contribution in [3.8, 4) is 0 Å². The largest absolute Gasteiger partial charge is 0.387 e. The zero-order valence-electron chi connectivity index (χ0n) is 14.2. The van der Waals surface area contributed by atoms with Gasteiger partial charge in [-0.25, -0.2) is 0 Å². The van der Waals surface area contributed by atoms with Crippen molar-refractivity contribution in [2.24, 2.45) is 0 Å². The van der Waals surface area contributed by atoms with Crippen molar-refractivity contribution >= 4 is 23.2 Å². The van der Waals surface area contributed by atoms with Gasteiger partial charge in [-0.3, -0.25) is 9.69 Å². The van der Waals surface area contributed by atoms with Gasteiger partial charge in [0.05, 0.1) is 12.6 Å². The summed E-state index contributed by atoms with van der Waals surface area (Å²) in [6.45, 7) is 4.57. The van der Waals surface area contributed by atoms with E-state index in [0.717, 1.165) is 22.4 Å². The number of aliphatic hydroxyl groups is 1. The van der Waals surface area contributed by atoms with Gasteiger partial charge in [-0.15, -0.1) is 0 Å². The summed E-state index contributed by atoms with van der Waals surface area (Å²) in [5, 5.41) is 13.8. The molecule has 1 atom stereocenters. The molecule has 5 heteroatoms. The number of carbonyl (C=O) groups is 1. The third-order valence-electron chi connectivity index (χ3n) is 4.03. The van der Waals surface area contributed by atoms with Gasteiger partial charge >= 0.3 is 0 Å². The minimum atomic E-state index is -0.666. The molecule has 2 aromatic carbocycles. The van der Waals surface area contributed by atoms with Crippen molar-refractivity contribution in [1.82, 2.24) is 4.90 Å². The topological polar surface area (TPSA) is 52.6 Å². The molecule has 0 spiro atoms. The number of likely N-dealkylation sites (N-methyl/N-ethyl adjacent to an activating group) is 1. The van der Waals surface area contributed by atoms with Gasteiger partial charge in [0.25, 0.3) is 0 Å². The smallest absolute Gasteiger partial charge is 0.238 e. The number of aryl methyl sites for hydroxylation is 1. The van der Waals surface area contributed by atoms with Gasteiger partial charge in [-0.1, -0.05) is 35.9 Å². The van der Waals surface area contributed by atoms with Crippen molar-refractivity contribution in [2.75, 3.05) is 25.5 Å². The van der Waals surface area contributed by atoms with E-state index in [-0.39, 0.29) is 12.5 Å². The fourth-order valence-corrected chi connectivity index (χ4v) is 2.60. The van der Waals surface area contributed by atoms with E-state index in [0.29, 0.717) is 11.6 Å². The Balaban J connectivity index is 1.89. The Bertz CT molecular complexity index is 701. The van der Waals surface area contributed by atoms with Crippen molar-refractivity contribution in [2.45, 2.75) is 20.0 Å². The highest BCUT2D eigenvalue weighted by atomic mass is 35.5. The average Bonchev–Trinajstić information content (AvgIpc) is 2.52. The Hall–Kier alpha value is -1.88. The zero-order chi connectivity index (χ0) is 17.7. The summed E-state index contributed by atoms with van der Waals surface area (Å²) in [5.41, 5.74) is 3.81. The molecule has 0 aliphatic rings. The molecule has 0 aromatic heterocycles. The van der Waals surface area contributed by atoms with E-state index < -0.39 is 6.10 Å². The predicted molar refractivity (Wildman–Crippen MR) is 98.5 cm³/mol.